The van der Waals surface area contributed by atoms with Gasteiger partial charge in [-0.1, -0.05) is 74.0 Å². The second kappa shape index (κ2) is 14.0. The molecule has 0 saturated heterocycles. The minimum atomic E-state index is -3.82. The van der Waals surface area contributed by atoms with Gasteiger partial charge >= 0.3 is 0 Å². The smallest absolute Gasteiger partial charge is 0.244 e. The van der Waals surface area contributed by atoms with Crippen molar-refractivity contribution in [2.75, 3.05) is 23.7 Å². The summed E-state index contributed by atoms with van der Waals surface area (Å²) in [6.07, 6.45) is 1.06. The zero-order chi connectivity index (χ0) is 29.3. The third kappa shape index (κ3) is 9.12. The summed E-state index contributed by atoms with van der Waals surface area (Å²) in [5, 5.41) is 2.88. The number of nitrogens with one attached hydrogen (secondary N) is 1. The fraction of sp³-hybridized carbons (Fsp3) is 0.355. The number of hydrogen-bond acceptors (Lipinski definition) is 5. The zero-order valence-electron chi connectivity index (χ0n) is 23.8. The molecule has 214 valence electrons. The minimum Gasteiger partial charge on any atom is -0.489 e. The first-order valence-corrected chi connectivity index (χ1v) is 15.2. The Kier molecular flexibility index (Phi) is 10.7. The summed E-state index contributed by atoms with van der Waals surface area (Å²) in [5.74, 6) is 0.0467. The van der Waals surface area contributed by atoms with Gasteiger partial charge in [0.25, 0.3) is 0 Å². The van der Waals surface area contributed by atoms with E-state index in [0.717, 1.165) is 27.3 Å². The standard InChI is InChI=1S/C31H39N3O5S/c1-23(2)19-32-31(36)25(4)33(20-27-13-9-10-24(3)18-27)30(35)21-34(40(5,37)38)28-14-16-29(17-15-28)39-22-26-11-7-6-8-12-26/h6-18,23,25H,19-22H2,1-5H3,(H,32,36)/t25-/m1/s1. The highest BCUT2D eigenvalue weighted by atomic mass is 32.2. The number of aryl methyl sites for hydroxylation is 1. The summed E-state index contributed by atoms with van der Waals surface area (Å²) in [6.45, 7) is 8.16. The molecular formula is C31H39N3O5S. The summed E-state index contributed by atoms with van der Waals surface area (Å²) >= 11 is 0. The van der Waals surface area contributed by atoms with Gasteiger partial charge in [-0.05, 0) is 55.2 Å². The van der Waals surface area contributed by atoms with Crippen LogP contribution < -0.4 is 14.4 Å². The van der Waals surface area contributed by atoms with Crippen LogP contribution in [0, 0.1) is 12.8 Å². The van der Waals surface area contributed by atoms with Crippen molar-refractivity contribution in [2.45, 2.75) is 46.9 Å². The van der Waals surface area contributed by atoms with Crippen molar-refractivity contribution >= 4 is 27.5 Å². The molecule has 2 amide bonds. The SMILES string of the molecule is Cc1cccc(CN(C(=O)CN(c2ccc(OCc3ccccc3)cc2)S(C)(=O)=O)[C@H](C)C(=O)NCC(C)C)c1. The molecular weight excluding hydrogens is 526 g/mol. The Balaban J connectivity index is 1.81. The predicted molar refractivity (Wildman–Crippen MR) is 158 cm³/mol. The maximum absolute atomic E-state index is 13.7. The van der Waals surface area contributed by atoms with Crippen molar-refractivity contribution in [1.29, 1.82) is 0 Å². The van der Waals surface area contributed by atoms with E-state index in [4.69, 9.17) is 4.74 Å². The Bertz CT molecular complexity index is 1380. The monoisotopic (exact) mass is 565 g/mol. The van der Waals surface area contributed by atoms with E-state index >= 15 is 0 Å². The normalized spacial score (nSPS) is 12.1. The highest BCUT2D eigenvalue weighted by Crippen LogP contribution is 2.23. The molecule has 3 aromatic rings. The van der Waals surface area contributed by atoms with Crippen LogP contribution in [-0.4, -0.2) is 50.5 Å². The summed E-state index contributed by atoms with van der Waals surface area (Å²) in [4.78, 5) is 28.1. The molecule has 9 heteroatoms. The van der Waals surface area contributed by atoms with Crippen LogP contribution in [0.3, 0.4) is 0 Å². The molecule has 0 heterocycles. The molecule has 3 aromatic carbocycles. The quantitative estimate of drug-likeness (QED) is 0.329. The maximum atomic E-state index is 13.7. The fourth-order valence-corrected chi connectivity index (χ4v) is 4.96. The number of hydrogen-bond donors (Lipinski definition) is 1. The van der Waals surface area contributed by atoms with E-state index in [1.807, 2.05) is 75.4 Å². The molecule has 1 atom stereocenters. The fourth-order valence-electron chi connectivity index (χ4n) is 4.11. The summed E-state index contributed by atoms with van der Waals surface area (Å²) in [7, 11) is -3.82. The van der Waals surface area contributed by atoms with Gasteiger partial charge in [-0.2, -0.15) is 0 Å². The average molecular weight is 566 g/mol. The number of nitrogens with zero attached hydrogens (tertiary/aromatic N) is 2. The minimum absolute atomic E-state index is 0.167. The van der Waals surface area contributed by atoms with Crippen molar-refractivity contribution in [1.82, 2.24) is 10.2 Å². The van der Waals surface area contributed by atoms with Gasteiger partial charge in [0.05, 0.1) is 11.9 Å². The maximum Gasteiger partial charge on any atom is 0.244 e. The van der Waals surface area contributed by atoms with Crippen LogP contribution in [0.25, 0.3) is 0 Å². The summed E-state index contributed by atoms with van der Waals surface area (Å²) in [5.41, 5.74) is 3.21. The number of rotatable bonds is 13. The molecule has 0 aromatic heterocycles. The van der Waals surface area contributed by atoms with E-state index < -0.39 is 28.5 Å². The van der Waals surface area contributed by atoms with E-state index in [2.05, 4.69) is 5.32 Å². The molecule has 0 unspecified atom stereocenters. The van der Waals surface area contributed by atoms with Crippen LogP contribution in [0.5, 0.6) is 5.75 Å². The van der Waals surface area contributed by atoms with Crippen LogP contribution in [0.4, 0.5) is 5.69 Å². The second-order valence-corrected chi connectivity index (χ2v) is 12.3. The Labute approximate surface area is 238 Å². The molecule has 0 bridgehead atoms. The number of carbonyl (C=O) groups excluding carboxylic acids is 2. The first kappa shape index (κ1) is 30.7. The van der Waals surface area contributed by atoms with E-state index in [0.29, 0.717) is 24.6 Å². The van der Waals surface area contributed by atoms with E-state index in [1.54, 1.807) is 31.2 Å². The second-order valence-electron chi connectivity index (χ2n) is 10.4. The molecule has 0 spiro atoms. The van der Waals surface area contributed by atoms with Gasteiger partial charge in [-0.15, -0.1) is 0 Å². The van der Waals surface area contributed by atoms with Crippen molar-refractivity contribution in [3.05, 3.63) is 95.6 Å². The van der Waals surface area contributed by atoms with Gasteiger partial charge in [0.15, 0.2) is 0 Å². The van der Waals surface area contributed by atoms with Crippen LogP contribution >= 0.6 is 0 Å². The molecule has 8 nitrogen and oxygen atoms in total. The molecule has 1 N–H and O–H groups in total. The molecule has 40 heavy (non-hydrogen) atoms. The zero-order valence-corrected chi connectivity index (χ0v) is 24.6. The molecule has 0 aliphatic heterocycles. The number of carbonyl (C=O) groups is 2. The number of benzene rings is 3. The molecule has 0 saturated carbocycles. The van der Waals surface area contributed by atoms with Crippen molar-refractivity contribution < 1.29 is 22.7 Å². The van der Waals surface area contributed by atoms with Gasteiger partial charge in [0, 0.05) is 13.1 Å². The van der Waals surface area contributed by atoms with Gasteiger partial charge in [0.2, 0.25) is 21.8 Å². The average Bonchev–Trinajstić information content (AvgIpc) is 2.92. The first-order valence-electron chi connectivity index (χ1n) is 13.3. The summed E-state index contributed by atoms with van der Waals surface area (Å²) < 4.78 is 32.5. The lowest BCUT2D eigenvalue weighted by Crippen LogP contribution is -2.51. The highest BCUT2D eigenvalue weighted by Gasteiger charge is 2.30. The Morgan fingerprint density at radius 1 is 0.900 bits per heavy atom. The van der Waals surface area contributed by atoms with Gasteiger partial charge in [0.1, 0.15) is 24.9 Å². The number of anilines is 1. The van der Waals surface area contributed by atoms with Crippen molar-refractivity contribution in [2.24, 2.45) is 5.92 Å². The Morgan fingerprint density at radius 2 is 1.55 bits per heavy atom. The third-order valence-electron chi connectivity index (χ3n) is 6.34. The highest BCUT2D eigenvalue weighted by molar-refractivity contribution is 7.92. The lowest BCUT2D eigenvalue weighted by atomic mass is 10.1. The van der Waals surface area contributed by atoms with Gasteiger partial charge in [-0.25, -0.2) is 8.42 Å². The van der Waals surface area contributed by atoms with Crippen LogP contribution in [-0.2, 0) is 32.8 Å². The number of amides is 2. The van der Waals surface area contributed by atoms with Crippen LogP contribution in [0.1, 0.15) is 37.5 Å². The van der Waals surface area contributed by atoms with E-state index in [-0.39, 0.29) is 18.4 Å². The number of sulfonamides is 1. The lowest BCUT2D eigenvalue weighted by Gasteiger charge is -2.31. The first-order chi connectivity index (χ1) is 18.9. The van der Waals surface area contributed by atoms with Gasteiger partial charge in [-0.3, -0.25) is 13.9 Å². The predicted octanol–water partition coefficient (Wildman–Crippen LogP) is 4.53. The number of ether oxygens (including phenoxy) is 1. The largest absolute Gasteiger partial charge is 0.489 e. The Morgan fingerprint density at radius 3 is 2.15 bits per heavy atom. The van der Waals surface area contributed by atoms with E-state index in [1.165, 1.54) is 4.90 Å². The Hall–Kier alpha value is -3.85. The molecule has 0 radical (unpaired) electrons. The van der Waals surface area contributed by atoms with Crippen LogP contribution in [0.15, 0.2) is 78.9 Å². The van der Waals surface area contributed by atoms with Gasteiger partial charge < -0.3 is 15.0 Å². The lowest BCUT2D eigenvalue weighted by molar-refractivity contribution is -0.139. The van der Waals surface area contributed by atoms with Crippen molar-refractivity contribution in [3.8, 4) is 5.75 Å². The molecule has 0 fully saturated rings. The van der Waals surface area contributed by atoms with Crippen LogP contribution in [0.2, 0.25) is 0 Å². The molecule has 0 aliphatic carbocycles. The molecule has 3 rings (SSSR count). The van der Waals surface area contributed by atoms with Crippen molar-refractivity contribution in [3.63, 3.8) is 0 Å². The van der Waals surface area contributed by atoms with E-state index in [9.17, 15) is 18.0 Å². The third-order valence-corrected chi connectivity index (χ3v) is 7.48. The molecule has 0 aliphatic rings. The summed E-state index contributed by atoms with van der Waals surface area (Å²) in [6, 6.07) is 23.1. The topological polar surface area (TPSA) is 96.0 Å².